The van der Waals surface area contributed by atoms with Gasteiger partial charge in [0.05, 0.1) is 14.2 Å². The lowest BCUT2D eigenvalue weighted by molar-refractivity contribution is -0.120. The maximum Gasteiger partial charge on any atom is 0.220 e. The average Bonchev–Trinajstić information content (AvgIpc) is 2.42. The van der Waals surface area contributed by atoms with Gasteiger partial charge in [-0.1, -0.05) is 6.08 Å². The molecule has 0 unspecified atom stereocenters. The number of benzene rings is 1. The minimum Gasteiger partial charge on any atom is -0.497 e. The summed E-state index contributed by atoms with van der Waals surface area (Å²) in [7, 11) is 3.23. The third-order valence-electron chi connectivity index (χ3n) is 2.55. The lowest BCUT2D eigenvalue weighted by Crippen LogP contribution is -2.23. The van der Waals surface area contributed by atoms with Gasteiger partial charge in [0.15, 0.2) is 0 Å². The van der Waals surface area contributed by atoms with Gasteiger partial charge in [0.2, 0.25) is 5.91 Å². The van der Waals surface area contributed by atoms with Crippen LogP contribution >= 0.6 is 0 Å². The fraction of sp³-hybridized carbons (Fsp3) is 0.357. The summed E-state index contributed by atoms with van der Waals surface area (Å²) in [5, 5.41) is 2.74. The van der Waals surface area contributed by atoms with Crippen LogP contribution in [0.1, 0.15) is 12.0 Å². The molecule has 98 valence electrons. The molecule has 0 aliphatic heterocycles. The number of carbonyl (C=O) groups excluding carboxylic acids is 1. The monoisotopic (exact) mass is 249 g/mol. The zero-order valence-electron chi connectivity index (χ0n) is 10.9. The van der Waals surface area contributed by atoms with Crippen LogP contribution in [0.5, 0.6) is 11.5 Å². The molecule has 0 aliphatic rings. The molecule has 0 saturated carbocycles. The van der Waals surface area contributed by atoms with E-state index in [4.69, 9.17) is 9.47 Å². The molecule has 0 heterocycles. The highest BCUT2D eigenvalue weighted by Gasteiger charge is 2.07. The number of nitrogens with one attached hydrogen (secondary N) is 1. The summed E-state index contributed by atoms with van der Waals surface area (Å²) in [6, 6.07) is 5.57. The molecular weight excluding hydrogens is 230 g/mol. The minimum atomic E-state index is -0.000210. The zero-order valence-corrected chi connectivity index (χ0v) is 10.9. The van der Waals surface area contributed by atoms with Crippen LogP contribution in [0.15, 0.2) is 30.9 Å². The van der Waals surface area contributed by atoms with Crippen LogP contribution in [0.25, 0.3) is 0 Å². The molecule has 0 radical (unpaired) electrons. The van der Waals surface area contributed by atoms with Crippen molar-refractivity contribution in [2.24, 2.45) is 0 Å². The van der Waals surface area contributed by atoms with Crippen molar-refractivity contribution in [2.75, 3.05) is 20.8 Å². The third-order valence-corrected chi connectivity index (χ3v) is 2.55. The van der Waals surface area contributed by atoms with E-state index >= 15 is 0 Å². The molecule has 18 heavy (non-hydrogen) atoms. The van der Waals surface area contributed by atoms with Crippen molar-refractivity contribution in [3.63, 3.8) is 0 Å². The average molecular weight is 249 g/mol. The van der Waals surface area contributed by atoms with Gasteiger partial charge >= 0.3 is 0 Å². The molecule has 1 amide bonds. The Morgan fingerprint density at radius 2 is 2.17 bits per heavy atom. The number of hydrogen-bond donors (Lipinski definition) is 1. The van der Waals surface area contributed by atoms with E-state index < -0.39 is 0 Å². The molecule has 0 fully saturated rings. The van der Waals surface area contributed by atoms with Crippen molar-refractivity contribution in [3.05, 3.63) is 36.4 Å². The number of hydrogen-bond acceptors (Lipinski definition) is 3. The summed E-state index contributed by atoms with van der Waals surface area (Å²) in [5.41, 5.74) is 0.964. The molecule has 1 rings (SSSR count). The van der Waals surface area contributed by atoms with Gasteiger partial charge in [-0.3, -0.25) is 4.79 Å². The van der Waals surface area contributed by atoms with Gasteiger partial charge in [0, 0.05) is 13.0 Å². The van der Waals surface area contributed by atoms with Crippen molar-refractivity contribution in [1.82, 2.24) is 5.32 Å². The van der Waals surface area contributed by atoms with Crippen molar-refractivity contribution in [1.29, 1.82) is 0 Å². The maximum atomic E-state index is 11.5. The van der Waals surface area contributed by atoms with Gasteiger partial charge in [0.25, 0.3) is 0 Å². The Kier molecular flexibility index (Phi) is 5.77. The normalized spacial score (nSPS) is 9.67. The minimum absolute atomic E-state index is 0.000210. The smallest absolute Gasteiger partial charge is 0.220 e. The number of ether oxygens (including phenoxy) is 2. The molecule has 1 aromatic carbocycles. The molecule has 0 spiro atoms. The van der Waals surface area contributed by atoms with Gasteiger partial charge in [-0.25, -0.2) is 0 Å². The van der Waals surface area contributed by atoms with Gasteiger partial charge in [-0.05, 0) is 30.2 Å². The summed E-state index contributed by atoms with van der Waals surface area (Å²) in [6.45, 7) is 4.04. The number of amides is 1. The van der Waals surface area contributed by atoms with Gasteiger partial charge < -0.3 is 14.8 Å². The highest BCUT2D eigenvalue weighted by atomic mass is 16.5. The lowest BCUT2D eigenvalue weighted by Gasteiger charge is -2.10. The van der Waals surface area contributed by atoms with Crippen molar-refractivity contribution < 1.29 is 14.3 Å². The van der Waals surface area contributed by atoms with E-state index in [1.165, 1.54) is 0 Å². The fourth-order valence-electron chi connectivity index (χ4n) is 1.60. The highest BCUT2D eigenvalue weighted by molar-refractivity contribution is 5.76. The van der Waals surface area contributed by atoms with Crippen LogP contribution in [0.3, 0.4) is 0 Å². The molecule has 0 aromatic heterocycles. The molecule has 4 nitrogen and oxygen atoms in total. The molecule has 0 bridgehead atoms. The third kappa shape index (κ3) is 4.13. The first kappa shape index (κ1) is 14.1. The first-order chi connectivity index (χ1) is 8.71. The second kappa shape index (κ2) is 7.37. The van der Waals surface area contributed by atoms with Crippen LogP contribution in [0.4, 0.5) is 0 Å². The Labute approximate surface area is 108 Å². The van der Waals surface area contributed by atoms with E-state index in [1.807, 2.05) is 18.2 Å². The lowest BCUT2D eigenvalue weighted by atomic mass is 10.1. The van der Waals surface area contributed by atoms with Gasteiger partial charge in [-0.15, -0.1) is 6.58 Å². The van der Waals surface area contributed by atoms with E-state index in [0.29, 0.717) is 19.4 Å². The number of carbonyl (C=O) groups is 1. The fourth-order valence-corrected chi connectivity index (χ4v) is 1.60. The standard InChI is InChI=1S/C14H19NO3/c1-4-9-15-14(16)8-5-11-10-12(17-2)6-7-13(11)18-3/h4,6-7,10H,1,5,8-9H2,2-3H3,(H,15,16). The van der Waals surface area contributed by atoms with E-state index in [0.717, 1.165) is 17.1 Å². The first-order valence-corrected chi connectivity index (χ1v) is 5.79. The Bertz CT molecular complexity index is 416. The molecule has 1 N–H and O–H groups in total. The Hall–Kier alpha value is -1.97. The topological polar surface area (TPSA) is 47.6 Å². The van der Waals surface area contributed by atoms with E-state index in [9.17, 15) is 4.79 Å². The Morgan fingerprint density at radius 3 is 2.78 bits per heavy atom. The quantitative estimate of drug-likeness (QED) is 0.751. The molecule has 0 atom stereocenters. The van der Waals surface area contributed by atoms with Crippen LogP contribution in [-0.2, 0) is 11.2 Å². The summed E-state index contributed by atoms with van der Waals surface area (Å²) in [6.07, 6.45) is 2.69. The van der Waals surface area contributed by atoms with Crippen molar-refractivity contribution >= 4 is 5.91 Å². The predicted molar refractivity (Wildman–Crippen MR) is 71.1 cm³/mol. The van der Waals surface area contributed by atoms with Crippen LogP contribution in [0, 0.1) is 0 Å². The predicted octanol–water partition coefficient (Wildman–Crippen LogP) is 1.94. The summed E-state index contributed by atoms with van der Waals surface area (Å²) < 4.78 is 10.4. The van der Waals surface area contributed by atoms with E-state index in [-0.39, 0.29) is 5.91 Å². The van der Waals surface area contributed by atoms with Gasteiger partial charge in [0.1, 0.15) is 11.5 Å². The Morgan fingerprint density at radius 1 is 1.39 bits per heavy atom. The maximum absolute atomic E-state index is 11.5. The highest BCUT2D eigenvalue weighted by Crippen LogP contribution is 2.24. The number of rotatable bonds is 7. The van der Waals surface area contributed by atoms with Crippen LogP contribution in [-0.4, -0.2) is 26.7 Å². The van der Waals surface area contributed by atoms with Crippen molar-refractivity contribution in [2.45, 2.75) is 12.8 Å². The van der Waals surface area contributed by atoms with E-state index in [2.05, 4.69) is 11.9 Å². The van der Waals surface area contributed by atoms with Crippen molar-refractivity contribution in [3.8, 4) is 11.5 Å². The molecule has 0 saturated heterocycles. The molecule has 0 aliphatic carbocycles. The summed E-state index contributed by atoms with van der Waals surface area (Å²) in [5.74, 6) is 1.53. The first-order valence-electron chi connectivity index (χ1n) is 5.79. The summed E-state index contributed by atoms with van der Waals surface area (Å²) >= 11 is 0. The SMILES string of the molecule is C=CCNC(=O)CCc1cc(OC)ccc1OC. The largest absolute Gasteiger partial charge is 0.497 e. The molecular formula is C14H19NO3. The zero-order chi connectivity index (χ0) is 13.4. The molecule has 4 heteroatoms. The number of aryl methyl sites for hydroxylation is 1. The van der Waals surface area contributed by atoms with E-state index in [1.54, 1.807) is 20.3 Å². The van der Waals surface area contributed by atoms with Gasteiger partial charge in [-0.2, -0.15) is 0 Å². The van der Waals surface area contributed by atoms with Crippen LogP contribution in [0.2, 0.25) is 0 Å². The Balaban J connectivity index is 2.64. The molecule has 1 aromatic rings. The second-order valence-electron chi connectivity index (χ2n) is 3.77. The summed E-state index contributed by atoms with van der Waals surface area (Å²) in [4.78, 5) is 11.5. The number of methoxy groups -OCH3 is 2. The second-order valence-corrected chi connectivity index (χ2v) is 3.77. The van der Waals surface area contributed by atoms with Crippen LogP contribution < -0.4 is 14.8 Å².